The highest BCUT2D eigenvalue weighted by Gasteiger charge is 2.43. The summed E-state index contributed by atoms with van der Waals surface area (Å²) >= 11 is 0. The molecule has 1 N–H and O–H groups in total. The largest absolute Gasteiger partial charge is 0.471 e. The SMILES string of the molecule is CCOC(=O)CCc1ccc(N(Cc2ccc3c(c2C)NCCC3)C(=O)C(F)(F)F)cc1F. The summed E-state index contributed by atoms with van der Waals surface area (Å²) in [6.07, 6.45) is -3.32. The van der Waals surface area contributed by atoms with Crippen LogP contribution in [0.5, 0.6) is 0 Å². The molecule has 2 aromatic carbocycles. The van der Waals surface area contributed by atoms with E-state index < -0.39 is 23.9 Å². The molecule has 0 aromatic heterocycles. The van der Waals surface area contributed by atoms with Gasteiger partial charge in [0.2, 0.25) is 0 Å². The van der Waals surface area contributed by atoms with Gasteiger partial charge in [-0.25, -0.2) is 4.39 Å². The Labute approximate surface area is 189 Å². The van der Waals surface area contributed by atoms with Crippen molar-refractivity contribution in [1.29, 1.82) is 0 Å². The van der Waals surface area contributed by atoms with Crippen LogP contribution in [0.4, 0.5) is 28.9 Å². The minimum atomic E-state index is -5.13. The van der Waals surface area contributed by atoms with Gasteiger partial charge < -0.3 is 15.0 Å². The zero-order valence-electron chi connectivity index (χ0n) is 18.5. The summed E-state index contributed by atoms with van der Waals surface area (Å²) in [5.41, 5.74) is 3.19. The van der Waals surface area contributed by atoms with Crippen molar-refractivity contribution in [2.45, 2.75) is 52.3 Å². The lowest BCUT2D eigenvalue weighted by atomic mass is 9.96. The summed E-state index contributed by atoms with van der Waals surface area (Å²) in [5.74, 6) is -3.36. The third kappa shape index (κ3) is 5.83. The van der Waals surface area contributed by atoms with Crippen molar-refractivity contribution in [3.63, 3.8) is 0 Å². The number of amides is 1. The zero-order valence-corrected chi connectivity index (χ0v) is 18.5. The van der Waals surface area contributed by atoms with Gasteiger partial charge in [0.1, 0.15) is 5.82 Å². The molecule has 0 unspecified atom stereocenters. The number of nitrogens with zero attached hydrogens (tertiary/aromatic N) is 1. The van der Waals surface area contributed by atoms with Crippen LogP contribution < -0.4 is 10.2 Å². The van der Waals surface area contributed by atoms with Crippen molar-refractivity contribution in [3.8, 4) is 0 Å². The van der Waals surface area contributed by atoms with E-state index in [1.807, 2.05) is 6.07 Å². The highest BCUT2D eigenvalue weighted by molar-refractivity contribution is 5.97. The average Bonchev–Trinajstić information content (AvgIpc) is 2.77. The van der Waals surface area contributed by atoms with Gasteiger partial charge in [0.15, 0.2) is 0 Å². The zero-order chi connectivity index (χ0) is 24.2. The smallest absolute Gasteiger partial charge is 0.466 e. The first-order chi connectivity index (χ1) is 15.6. The normalized spacial score (nSPS) is 13.2. The molecule has 0 fully saturated rings. The third-order valence-electron chi connectivity index (χ3n) is 5.66. The molecule has 2 aromatic rings. The van der Waals surface area contributed by atoms with Gasteiger partial charge in [0, 0.05) is 24.3 Å². The van der Waals surface area contributed by atoms with E-state index in [4.69, 9.17) is 4.74 Å². The Bertz CT molecular complexity index is 1040. The summed E-state index contributed by atoms with van der Waals surface area (Å²) in [4.78, 5) is 24.3. The quantitative estimate of drug-likeness (QED) is 0.457. The van der Waals surface area contributed by atoms with E-state index in [-0.39, 0.29) is 37.2 Å². The minimum Gasteiger partial charge on any atom is -0.466 e. The molecule has 0 saturated carbocycles. The molecule has 33 heavy (non-hydrogen) atoms. The number of nitrogens with one attached hydrogen (secondary N) is 1. The number of anilines is 2. The number of benzene rings is 2. The number of hydrogen-bond acceptors (Lipinski definition) is 4. The molecule has 0 bridgehead atoms. The Balaban J connectivity index is 1.90. The number of halogens is 4. The van der Waals surface area contributed by atoms with E-state index in [1.165, 1.54) is 12.1 Å². The standard InChI is InChI=1S/C24H26F4N2O3/c1-3-33-21(31)11-9-16-8-10-19(13-20(16)25)30(23(32)24(26,27)28)14-18-7-6-17-5-4-12-29-22(17)15(18)2/h6-8,10,13,29H,3-5,9,11-12,14H2,1-2H3. The van der Waals surface area contributed by atoms with Crippen LogP contribution in [0.2, 0.25) is 0 Å². The van der Waals surface area contributed by atoms with Crippen LogP contribution in [-0.2, 0) is 33.7 Å². The van der Waals surface area contributed by atoms with E-state index in [0.29, 0.717) is 10.5 Å². The van der Waals surface area contributed by atoms with Crippen molar-refractivity contribution in [1.82, 2.24) is 0 Å². The number of rotatable bonds is 7. The predicted molar refractivity (Wildman–Crippen MR) is 117 cm³/mol. The van der Waals surface area contributed by atoms with E-state index in [1.54, 1.807) is 19.9 Å². The summed E-state index contributed by atoms with van der Waals surface area (Å²) in [6, 6.07) is 7.01. The Hall–Kier alpha value is -3.10. The Morgan fingerprint density at radius 3 is 2.55 bits per heavy atom. The number of alkyl halides is 3. The Kier molecular flexibility index (Phi) is 7.61. The number of fused-ring (bicyclic) bond motifs is 1. The lowest BCUT2D eigenvalue weighted by molar-refractivity contribution is -0.170. The number of hydrogen-bond donors (Lipinski definition) is 1. The third-order valence-corrected chi connectivity index (χ3v) is 5.66. The van der Waals surface area contributed by atoms with Gasteiger partial charge >= 0.3 is 18.1 Å². The molecule has 5 nitrogen and oxygen atoms in total. The fourth-order valence-corrected chi connectivity index (χ4v) is 3.91. The molecule has 0 aliphatic carbocycles. The molecule has 0 spiro atoms. The molecule has 9 heteroatoms. The summed E-state index contributed by atoms with van der Waals surface area (Å²) in [6.45, 7) is 4.05. The summed E-state index contributed by atoms with van der Waals surface area (Å²) in [5, 5.41) is 3.27. The van der Waals surface area contributed by atoms with E-state index >= 15 is 0 Å². The van der Waals surface area contributed by atoms with Gasteiger partial charge in [0.05, 0.1) is 13.2 Å². The van der Waals surface area contributed by atoms with Crippen molar-refractivity contribution in [2.24, 2.45) is 0 Å². The number of carbonyl (C=O) groups excluding carboxylic acids is 2. The van der Waals surface area contributed by atoms with E-state index in [2.05, 4.69) is 5.32 Å². The molecule has 1 heterocycles. The fourth-order valence-electron chi connectivity index (χ4n) is 3.91. The first-order valence-corrected chi connectivity index (χ1v) is 10.8. The minimum absolute atomic E-state index is 0.0355. The molecule has 178 valence electrons. The fraction of sp³-hybridized carbons (Fsp3) is 0.417. The number of esters is 1. The van der Waals surface area contributed by atoms with Crippen LogP contribution in [-0.4, -0.2) is 31.2 Å². The first kappa shape index (κ1) is 24.5. The molecule has 1 aliphatic heterocycles. The Morgan fingerprint density at radius 1 is 1.15 bits per heavy atom. The highest BCUT2D eigenvalue weighted by Crippen LogP contribution is 2.32. The average molecular weight is 466 g/mol. The van der Waals surface area contributed by atoms with Crippen molar-refractivity contribution < 1.29 is 31.9 Å². The van der Waals surface area contributed by atoms with Gasteiger partial charge in [-0.05, 0) is 67.5 Å². The topological polar surface area (TPSA) is 58.6 Å². The summed E-state index contributed by atoms with van der Waals surface area (Å²) < 4.78 is 59.6. The first-order valence-electron chi connectivity index (χ1n) is 10.8. The van der Waals surface area contributed by atoms with Gasteiger partial charge in [-0.15, -0.1) is 0 Å². The van der Waals surface area contributed by atoms with Crippen LogP contribution in [0.25, 0.3) is 0 Å². The monoisotopic (exact) mass is 466 g/mol. The molecule has 3 rings (SSSR count). The van der Waals surface area contributed by atoms with Crippen LogP contribution in [0.15, 0.2) is 30.3 Å². The van der Waals surface area contributed by atoms with Crippen LogP contribution >= 0.6 is 0 Å². The second-order valence-electron chi connectivity index (χ2n) is 7.88. The van der Waals surface area contributed by atoms with Gasteiger partial charge in [-0.3, -0.25) is 9.59 Å². The maximum atomic E-state index is 14.7. The van der Waals surface area contributed by atoms with Crippen LogP contribution in [0, 0.1) is 12.7 Å². The molecule has 1 amide bonds. The summed E-state index contributed by atoms with van der Waals surface area (Å²) in [7, 11) is 0. The molecular weight excluding hydrogens is 440 g/mol. The second kappa shape index (κ2) is 10.2. The molecular formula is C24H26F4N2O3. The number of aryl methyl sites for hydroxylation is 2. The molecule has 0 radical (unpaired) electrons. The van der Waals surface area contributed by atoms with Crippen molar-refractivity contribution >= 4 is 23.3 Å². The van der Waals surface area contributed by atoms with Gasteiger partial charge in [-0.1, -0.05) is 18.2 Å². The van der Waals surface area contributed by atoms with Crippen molar-refractivity contribution in [2.75, 3.05) is 23.4 Å². The number of carbonyl (C=O) groups is 2. The van der Waals surface area contributed by atoms with E-state index in [9.17, 15) is 27.2 Å². The Morgan fingerprint density at radius 2 is 1.88 bits per heavy atom. The van der Waals surface area contributed by atoms with Crippen LogP contribution in [0.3, 0.4) is 0 Å². The highest BCUT2D eigenvalue weighted by atomic mass is 19.4. The van der Waals surface area contributed by atoms with Gasteiger partial charge in [0.25, 0.3) is 0 Å². The van der Waals surface area contributed by atoms with Crippen molar-refractivity contribution in [3.05, 3.63) is 58.4 Å². The van der Waals surface area contributed by atoms with E-state index in [0.717, 1.165) is 42.3 Å². The van der Waals surface area contributed by atoms with Gasteiger partial charge in [-0.2, -0.15) is 13.2 Å². The predicted octanol–water partition coefficient (Wildman–Crippen LogP) is 5.08. The molecule has 1 aliphatic rings. The lowest BCUT2D eigenvalue weighted by Crippen LogP contribution is -2.41. The lowest BCUT2D eigenvalue weighted by Gasteiger charge is -2.27. The van der Waals surface area contributed by atoms with Crippen LogP contribution in [0.1, 0.15) is 42.0 Å². The number of ether oxygens (including phenoxy) is 1. The second-order valence-corrected chi connectivity index (χ2v) is 7.88. The maximum Gasteiger partial charge on any atom is 0.471 e. The molecule has 0 saturated heterocycles. The maximum absolute atomic E-state index is 14.7. The molecule has 0 atom stereocenters.